The summed E-state index contributed by atoms with van der Waals surface area (Å²) in [4.78, 5) is 45.4. The molecule has 9 atom stereocenters. The maximum atomic E-state index is 14.3. The third-order valence-electron chi connectivity index (χ3n) is 10.5. The van der Waals surface area contributed by atoms with Gasteiger partial charge in [-0.2, -0.15) is 0 Å². The zero-order valence-corrected chi connectivity index (χ0v) is 33.6. The van der Waals surface area contributed by atoms with Crippen LogP contribution < -0.4 is 10.1 Å². The van der Waals surface area contributed by atoms with E-state index in [-0.39, 0.29) is 50.6 Å². The highest BCUT2D eigenvalue weighted by Crippen LogP contribution is 2.55. The molecule has 0 saturated carbocycles. The van der Waals surface area contributed by atoms with Gasteiger partial charge in [0.15, 0.2) is 5.75 Å². The van der Waals surface area contributed by atoms with E-state index in [9.17, 15) is 39.9 Å². The maximum Gasteiger partial charge on any atom is 0.312 e. The molecule has 2 aromatic carbocycles. The van der Waals surface area contributed by atoms with E-state index in [0.29, 0.717) is 0 Å². The second-order valence-corrected chi connectivity index (χ2v) is 15.0. The molecule has 2 aromatic rings. The lowest BCUT2D eigenvalue weighted by Gasteiger charge is -2.38. The summed E-state index contributed by atoms with van der Waals surface area (Å²) in [6, 6.07) is 0. The second-order valence-electron chi connectivity index (χ2n) is 15.0. The van der Waals surface area contributed by atoms with Crippen LogP contribution in [0.15, 0.2) is 41.3 Å². The Morgan fingerprint density at radius 3 is 2.23 bits per heavy atom. The van der Waals surface area contributed by atoms with Crippen LogP contribution in [0.4, 0.5) is 5.69 Å². The number of aliphatic hydroxyl groups excluding tert-OH is 2. The van der Waals surface area contributed by atoms with Gasteiger partial charge in [-0.3, -0.25) is 14.4 Å². The van der Waals surface area contributed by atoms with Gasteiger partial charge in [0.1, 0.15) is 29.5 Å². The number of hydrogen-bond acceptors (Lipinski definition) is 14. The Kier molecular flexibility index (Phi) is 13.5. The minimum absolute atomic E-state index is 0.0334. The highest BCUT2D eigenvalue weighted by Gasteiger charge is 2.50. The third kappa shape index (κ3) is 8.49. The number of esters is 1. The smallest absolute Gasteiger partial charge is 0.312 e. The van der Waals surface area contributed by atoms with Gasteiger partial charge in [-0.25, -0.2) is 0 Å². The predicted molar refractivity (Wildman–Crippen MR) is 208 cm³/mol. The number of methoxy groups -OCH3 is 1. The molecule has 3 aliphatic rings. The van der Waals surface area contributed by atoms with Crippen molar-refractivity contribution in [3.05, 3.63) is 52.8 Å². The Labute approximate surface area is 326 Å². The van der Waals surface area contributed by atoms with E-state index in [1.165, 1.54) is 53.2 Å². The molecule has 56 heavy (non-hydrogen) atoms. The number of carbonyl (C=O) groups is 3. The number of amides is 1. The van der Waals surface area contributed by atoms with E-state index in [2.05, 4.69) is 10.5 Å². The van der Waals surface area contributed by atoms with Crippen molar-refractivity contribution in [3.8, 4) is 23.0 Å². The molecular formula is C41H54N2O13. The number of hydrogen-bond donors (Lipinski definition) is 6. The second kappa shape index (κ2) is 17.3. The number of ether oxygens (including phenoxy) is 4. The molecule has 0 aromatic heterocycles. The number of fused-ring (bicyclic) bond motifs is 14. The standard InChI is InChI=1S/C41H54N2O13/c1-18(2)56-42-17-26-31-36(49)29-28(35(26)48)30-38(24(8)34(29)47)55-41(10,39(30)50)53-16-15-27(52-11)21(5)37(54-25(9)44)23(7)33(46)22(6)32(45)19(3)13-12-14-20(4)40(51)43-31/h12-19,21-23,27,32-33,37,45-49H,1-11H3,(H,43,51)/b13-12+,16-15+,20-14-,42-17+/t19-,21-,22-,23-,27+,32+,33-,37-,41+/m1/s1. The first-order valence-electron chi connectivity index (χ1n) is 18.4. The number of ketones is 1. The Morgan fingerprint density at radius 1 is 0.964 bits per heavy atom. The van der Waals surface area contributed by atoms with Gasteiger partial charge in [-0.05, 0) is 33.8 Å². The van der Waals surface area contributed by atoms with E-state index in [0.717, 1.165) is 6.21 Å². The van der Waals surface area contributed by atoms with Crippen LogP contribution in [0, 0.1) is 30.6 Å². The minimum atomic E-state index is -2.06. The number of carbonyl (C=O) groups excluding carboxylic acids is 3. The highest BCUT2D eigenvalue weighted by molar-refractivity contribution is 6.23. The van der Waals surface area contributed by atoms with Gasteiger partial charge in [0.25, 0.3) is 11.7 Å². The molecule has 0 fully saturated rings. The number of phenols is 3. The van der Waals surface area contributed by atoms with Crippen molar-refractivity contribution in [2.75, 3.05) is 12.4 Å². The average molecular weight is 783 g/mol. The summed E-state index contributed by atoms with van der Waals surface area (Å²) in [7, 11) is 1.43. The van der Waals surface area contributed by atoms with Gasteiger partial charge >= 0.3 is 11.8 Å². The predicted octanol–water partition coefficient (Wildman–Crippen LogP) is 5.51. The van der Waals surface area contributed by atoms with Crippen LogP contribution in [-0.2, 0) is 28.6 Å². The van der Waals surface area contributed by atoms with Crippen LogP contribution in [0.3, 0.4) is 0 Å². The topological polar surface area (TPSA) is 223 Å². The number of phenolic OH excluding ortho intramolecular Hbond substituents is 3. The van der Waals surface area contributed by atoms with Crippen LogP contribution in [0.25, 0.3) is 10.8 Å². The first-order chi connectivity index (χ1) is 26.2. The molecule has 15 heteroatoms. The lowest BCUT2D eigenvalue weighted by atomic mass is 9.78. The SMILES string of the molecule is CO[C@H]1/C=C/O[C@@]2(C)Oc3c(C)c(O)c4c(O)c(c(/C=N/OC(C)C)c(O)c4c3C2=O)NC(=O)/C(C)=C\C=C\[C@@H](C)[C@H](O)[C@@H](C)[C@@H](O)[C@@H](C)[C@H](OC(C)=O)[C@@H]1C. The van der Waals surface area contributed by atoms with Crippen LogP contribution in [0.5, 0.6) is 23.0 Å². The van der Waals surface area contributed by atoms with Crippen molar-refractivity contribution in [2.45, 2.75) is 106 Å². The lowest BCUT2D eigenvalue weighted by Crippen LogP contribution is -2.46. The van der Waals surface area contributed by atoms with Crippen molar-refractivity contribution in [1.29, 1.82) is 0 Å². The Bertz CT molecular complexity index is 1970. The highest BCUT2D eigenvalue weighted by atomic mass is 16.7. The van der Waals surface area contributed by atoms with Gasteiger partial charge in [-0.1, -0.05) is 51.1 Å². The normalized spacial score (nSPS) is 31.1. The van der Waals surface area contributed by atoms with Gasteiger partial charge in [-0.15, -0.1) is 0 Å². The lowest BCUT2D eigenvalue weighted by molar-refractivity contribution is -0.160. The molecule has 0 unspecified atom stereocenters. The quantitative estimate of drug-likeness (QED) is 0.0725. The summed E-state index contributed by atoms with van der Waals surface area (Å²) in [6.45, 7) is 15.8. The van der Waals surface area contributed by atoms with Crippen molar-refractivity contribution in [2.24, 2.45) is 28.8 Å². The molecule has 0 aliphatic carbocycles. The summed E-state index contributed by atoms with van der Waals surface area (Å²) in [5, 5.41) is 63.6. The summed E-state index contributed by atoms with van der Waals surface area (Å²) in [5.74, 6) is -8.63. The third-order valence-corrected chi connectivity index (χ3v) is 10.5. The van der Waals surface area contributed by atoms with Crippen molar-refractivity contribution >= 4 is 40.3 Å². The molecule has 0 saturated heterocycles. The van der Waals surface area contributed by atoms with Crippen molar-refractivity contribution in [3.63, 3.8) is 0 Å². The first-order valence-corrected chi connectivity index (χ1v) is 18.4. The van der Waals surface area contributed by atoms with Crippen molar-refractivity contribution < 1.29 is 63.7 Å². The maximum absolute atomic E-state index is 14.3. The summed E-state index contributed by atoms with van der Waals surface area (Å²) >= 11 is 0. The van der Waals surface area contributed by atoms with Gasteiger partial charge in [0, 0.05) is 61.2 Å². The number of nitrogens with zero attached hydrogens (tertiary/aromatic N) is 1. The molecule has 6 N–H and O–H groups in total. The number of anilines is 1. The number of nitrogens with one attached hydrogen (secondary N) is 1. The van der Waals surface area contributed by atoms with Crippen molar-refractivity contribution in [1.82, 2.24) is 0 Å². The largest absolute Gasteiger partial charge is 0.507 e. The number of aromatic hydroxyl groups is 3. The molecule has 1 amide bonds. The first kappa shape index (κ1) is 43.6. The summed E-state index contributed by atoms with van der Waals surface area (Å²) in [5.41, 5.74) is -0.618. The van der Waals surface area contributed by atoms with E-state index >= 15 is 0 Å². The van der Waals surface area contributed by atoms with E-state index in [1.807, 2.05) is 0 Å². The minimum Gasteiger partial charge on any atom is -0.507 e. The number of rotatable bonds is 5. The van der Waals surface area contributed by atoms with Crippen LogP contribution >= 0.6 is 0 Å². The zero-order chi connectivity index (χ0) is 42.0. The fourth-order valence-electron chi connectivity index (χ4n) is 7.08. The Balaban J connectivity index is 1.97. The monoisotopic (exact) mass is 782 g/mol. The zero-order valence-electron chi connectivity index (χ0n) is 33.6. The number of benzene rings is 2. The Morgan fingerprint density at radius 2 is 1.62 bits per heavy atom. The molecule has 15 nitrogen and oxygen atoms in total. The van der Waals surface area contributed by atoms with Gasteiger partial charge in [0.05, 0.1) is 53.0 Å². The molecule has 0 spiro atoms. The van der Waals surface area contributed by atoms with Crippen LogP contribution in [-0.4, -0.2) is 92.8 Å². The molecule has 3 heterocycles. The number of aliphatic hydroxyl groups is 2. The van der Waals surface area contributed by atoms with E-state index < -0.39 is 88.8 Å². The molecule has 0 radical (unpaired) electrons. The molecule has 5 rings (SSSR count). The van der Waals surface area contributed by atoms with Gasteiger partial charge in [0.2, 0.25) is 0 Å². The number of oxime groups is 1. The summed E-state index contributed by atoms with van der Waals surface area (Å²) in [6.07, 6.45) is 4.11. The fourth-order valence-corrected chi connectivity index (χ4v) is 7.08. The molecule has 306 valence electrons. The molecule has 5 bridgehead atoms. The van der Waals surface area contributed by atoms with E-state index in [1.54, 1.807) is 53.7 Å². The number of Topliss-reactive ketones (excluding diaryl/α,β-unsaturated/α-hetero) is 1. The Hall–Kier alpha value is -5.12. The average Bonchev–Trinajstić information content (AvgIpc) is 3.41. The molecule has 3 aliphatic heterocycles. The fraction of sp³-hybridized carbons (Fsp3) is 0.512. The van der Waals surface area contributed by atoms with Gasteiger partial charge < -0.3 is 54.6 Å². The molecular weight excluding hydrogens is 728 g/mol. The number of allylic oxidation sites excluding steroid dienone is 2. The van der Waals surface area contributed by atoms with Crippen LogP contribution in [0.1, 0.15) is 83.8 Å². The van der Waals surface area contributed by atoms with Crippen LogP contribution in [0.2, 0.25) is 0 Å². The summed E-state index contributed by atoms with van der Waals surface area (Å²) < 4.78 is 23.4. The van der Waals surface area contributed by atoms with E-state index in [4.69, 9.17) is 23.8 Å².